The van der Waals surface area contributed by atoms with E-state index in [0.717, 1.165) is 5.56 Å². The normalized spacial score (nSPS) is 10.6. The average molecular weight is 337 g/mol. The number of amides is 1. The largest absolute Gasteiger partial charge is 0.456 e. The number of benzene rings is 1. The highest BCUT2D eigenvalue weighted by Gasteiger charge is 2.05. The van der Waals surface area contributed by atoms with Gasteiger partial charge in [-0.1, -0.05) is 23.7 Å². The van der Waals surface area contributed by atoms with Crippen molar-refractivity contribution in [2.75, 3.05) is 5.32 Å². The number of carbonyl (C=O) groups is 2. The minimum Gasteiger partial charge on any atom is -0.456 e. The predicted molar refractivity (Wildman–Crippen MR) is 86.7 cm³/mol. The van der Waals surface area contributed by atoms with Crippen molar-refractivity contribution in [3.05, 3.63) is 52.0 Å². The van der Waals surface area contributed by atoms with Gasteiger partial charge in [0.1, 0.15) is 6.61 Å². The van der Waals surface area contributed by atoms with Gasteiger partial charge in [-0.25, -0.2) is 9.78 Å². The van der Waals surface area contributed by atoms with E-state index in [1.807, 2.05) is 0 Å². The van der Waals surface area contributed by atoms with E-state index in [9.17, 15) is 9.59 Å². The Balaban J connectivity index is 1.83. The molecule has 1 N–H and O–H groups in total. The molecule has 0 saturated carbocycles. The first-order chi connectivity index (χ1) is 10.5. The van der Waals surface area contributed by atoms with E-state index in [0.29, 0.717) is 15.8 Å². The van der Waals surface area contributed by atoms with E-state index >= 15 is 0 Å². The molecule has 0 saturated heterocycles. The van der Waals surface area contributed by atoms with Crippen LogP contribution in [0, 0.1) is 0 Å². The number of thiazole rings is 1. The fourth-order valence-electron chi connectivity index (χ4n) is 1.51. The third kappa shape index (κ3) is 5.31. The summed E-state index contributed by atoms with van der Waals surface area (Å²) in [5.74, 6) is -0.659. The number of halogens is 1. The van der Waals surface area contributed by atoms with Crippen molar-refractivity contribution in [1.29, 1.82) is 0 Å². The summed E-state index contributed by atoms with van der Waals surface area (Å²) in [4.78, 5) is 26.6. The molecule has 1 aromatic heterocycles. The van der Waals surface area contributed by atoms with Gasteiger partial charge in [-0.2, -0.15) is 0 Å². The summed E-state index contributed by atoms with van der Waals surface area (Å²) in [5.41, 5.74) is 1.44. The van der Waals surface area contributed by atoms with Gasteiger partial charge in [0.25, 0.3) is 0 Å². The van der Waals surface area contributed by atoms with Crippen molar-refractivity contribution in [2.24, 2.45) is 0 Å². The van der Waals surface area contributed by atoms with Gasteiger partial charge >= 0.3 is 5.97 Å². The number of carbonyl (C=O) groups excluding carboxylic acids is 2. The second-order valence-corrected chi connectivity index (χ2v) is 5.61. The van der Waals surface area contributed by atoms with E-state index in [1.54, 1.807) is 35.7 Å². The Morgan fingerprint density at radius 2 is 2.09 bits per heavy atom. The summed E-state index contributed by atoms with van der Waals surface area (Å²) < 4.78 is 5.07. The quantitative estimate of drug-likeness (QED) is 0.670. The highest BCUT2D eigenvalue weighted by molar-refractivity contribution is 7.13. The van der Waals surface area contributed by atoms with Crippen LogP contribution in [0.2, 0.25) is 5.02 Å². The number of hydrogen-bond donors (Lipinski definition) is 1. The van der Waals surface area contributed by atoms with E-state index in [2.05, 4.69) is 10.3 Å². The number of esters is 1. The zero-order valence-corrected chi connectivity index (χ0v) is 13.3. The minimum atomic E-state index is -0.468. The molecular formula is C15H13ClN2O3S. The molecule has 7 heteroatoms. The smallest absolute Gasteiger partial charge is 0.331 e. The number of rotatable bonds is 5. The van der Waals surface area contributed by atoms with Gasteiger partial charge in [-0.15, -0.1) is 11.3 Å². The summed E-state index contributed by atoms with van der Waals surface area (Å²) in [7, 11) is 0. The van der Waals surface area contributed by atoms with Crippen molar-refractivity contribution in [3.8, 4) is 0 Å². The third-order valence-electron chi connectivity index (χ3n) is 2.48. The molecule has 0 radical (unpaired) electrons. The van der Waals surface area contributed by atoms with Crippen LogP contribution in [0.3, 0.4) is 0 Å². The number of hydrogen-bond acceptors (Lipinski definition) is 5. The molecule has 0 spiro atoms. The van der Waals surface area contributed by atoms with Crippen molar-refractivity contribution in [1.82, 2.24) is 4.98 Å². The van der Waals surface area contributed by atoms with Gasteiger partial charge in [0, 0.05) is 23.4 Å². The van der Waals surface area contributed by atoms with Gasteiger partial charge in [-0.3, -0.25) is 4.79 Å². The van der Waals surface area contributed by atoms with Crippen LogP contribution >= 0.6 is 22.9 Å². The van der Waals surface area contributed by atoms with Crippen LogP contribution in [-0.2, 0) is 20.9 Å². The zero-order valence-electron chi connectivity index (χ0n) is 11.7. The van der Waals surface area contributed by atoms with E-state index in [4.69, 9.17) is 16.3 Å². The lowest BCUT2D eigenvalue weighted by molar-refractivity contribution is -0.139. The topological polar surface area (TPSA) is 68.3 Å². The van der Waals surface area contributed by atoms with Gasteiger partial charge in [0.15, 0.2) is 5.13 Å². The van der Waals surface area contributed by atoms with E-state index < -0.39 is 5.97 Å². The van der Waals surface area contributed by atoms with Crippen LogP contribution in [0.15, 0.2) is 35.7 Å². The number of ether oxygens (including phenoxy) is 1. The summed E-state index contributed by atoms with van der Waals surface area (Å²) in [6, 6.07) is 7.08. The third-order valence-corrected chi connectivity index (χ3v) is 3.54. The van der Waals surface area contributed by atoms with Crippen LogP contribution < -0.4 is 5.32 Å². The summed E-state index contributed by atoms with van der Waals surface area (Å²) in [6.07, 6.45) is 2.98. The lowest BCUT2D eigenvalue weighted by Crippen LogP contribution is -2.06. The first-order valence-electron chi connectivity index (χ1n) is 6.35. The number of aromatic nitrogens is 1. The van der Waals surface area contributed by atoms with Crippen LogP contribution in [0.5, 0.6) is 0 Å². The maximum atomic E-state index is 11.6. The molecule has 0 atom stereocenters. The monoisotopic (exact) mass is 336 g/mol. The lowest BCUT2D eigenvalue weighted by atomic mass is 10.2. The molecule has 2 aromatic rings. The number of nitrogens with one attached hydrogen (secondary N) is 1. The number of anilines is 1. The molecule has 22 heavy (non-hydrogen) atoms. The van der Waals surface area contributed by atoms with Crippen molar-refractivity contribution in [2.45, 2.75) is 13.5 Å². The average Bonchev–Trinajstić information content (AvgIpc) is 2.91. The summed E-state index contributed by atoms with van der Waals surface area (Å²) >= 11 is 7.05. The Hall–Kier alpha value is -2.18. The standard InChI is InChI=1S/C15H13ClN2O3S/c1-10(19)17-15-18-13(9-22-15)8-21-14(20)7-4-11-2-5-12(16)6-3-11/h2-7,9H,8H2,1H3,(H,17,18,19)/b7-4+. The second kappa shape index (κ2) is 7.72. The van der Waals surface area contributed by atoms with Crippen molar-refractivity contribution >= 4 is 46.0 Å². The predicted octanol–water partition coefficient (Wildman–Crippen LogP) is 3.51. The highest BCUT2D eigenvalue weighted by Crippen LogP contribution is 2.16. The zero-order chi connectivity index (χ0) is 15.9. The van der Waals surface area contributed by atoms with E-state index in [1.165, 1.54) is 24.3 Å². The molecule has 0 bridgehead atoms. The molecule has 114 valence electrons. The first kappa shape index (κ1) is 16.2. The minimum absolute atomic E-state index is 0.0554. The fourth-order valence-corrected chi connectivity index (χ4v) is 2.38. The molecule has 5 nitrogen and oxygen atoms in total. The van der Waals surface area contributed by atoms with Gasteiger partial charge < -0.3 is 10.1 Å². The molecule has 0 aliphatic heterocycles. The SMILES string of the molecule is CC(=O)Nc1nc(COC(=O)/C=C/c2ccc(Cl)cc2)cs1. The Morgan fingerprint density at radius 1 is 1.36 bits per heavy atom. The second-order valence-electron chi connectivity index (χ2n) is 4.32. The summed E-state index contributed by atoms with van der Waals surface area (Å²) in [6.45, 7) is 1.46. The fraction of sp³-hybridized carbons (Fsp3) is 0.133. The Bertz CT molecular complexity index is 695. The van der Waals surface area contributed by atoms with Crippen LogP contribution in [0.4, 0.5) is 5.13 Å². The van der Waals surface area contributed by atoms with Crippen LogP contribution in [0.25, 0.3) is 6.08 Å². The summed E-state index contributed by atoms with van der Waals surface area (Å²) in [5, 5.41) is 5.41. The van der Waals surface area contributed by atoms with Crippen molar-refractivity contribution < 1.29 is 14.3 Å². The van der Waals surface area contributed by atoms with E-state index in [-0.39, 0.29) is 12.5 Å². The van der Waals surface area contributed by atoms with Crippen LogP contribution in [0.1, 0.15) is 18.2 Å². The molecule has 0 aliphatic rings. The van der Waals surface area contributed by atoms with Gasteiger partial charge in [-0.05, 0) is 23.8 Å². The first-order valence-corrected chi connectivity index (χ1v) is 7.61. The molecule has 0 fully saturated rings. The lowest BCUT2D eigenvalue weighted by Gasteiger charge is -1.99. The Kier molecular flexibility index (Phi) is 5.68. The molecular weight excluding hydrogens is 324 g/mol. The van der Waals surface area contributed by atoms with Crippen LogP contribution in [-0.4, -0.2) is 16.9 Å². The molecule has 0 unspecified atom stereocenters. The molecule has 1 heterocycles. The molecule has 0 aliphatic carbocycles. The number of nitrogens with zero attached hydrogens (tertiary/aromatic N) is 1. The van der Waals surface area contributed by atoms with Gasteiger partial charge in [0.05, 0.1) is 5.69 Å². The maximum Gasteiger partial charge on any atom is 0.331 e. The Morgan fingerprint density at radius 3 is 2.77 bits per heavy atom. The maximum absolute atomic E-state index is 11.6. The Labute approximate surface area is 136 Å². The van der Waals surface area contributed by atoms with Crippen molar-refractivity contribution in [3.63, 3.8) is 0 Å². The molecule has 1 amide bonds. The van der Waals surface area contributed by atoms with Gasteiger partial charge in [0.2, 0.25) is 5.91 Å². The molecule has 1 aromatic carbocycles. The molecule has 2 rings (SSSR count). The highest BCUT2D eigenvalue weighted by atomic mass is 35.5.